The van der Waals surface area contributed by atoms with Gasteiger partial charge in [0.05, 0.1) is 21.3 Å². The minimum Gasteiger partial charge on any atom is -0.496 e. The van der Waals surface area contributed by atoms with Gasteiger partial charge in [-0.25, -0.2) is 9.59 Å². The summed E-state index contributed by atoms with van der Waals surface area (Å²) in [5.41, 5.74) is -0.650. The molecule has 2 heterocycles. The molecule has 2 rings (SSSR count). The summed E-state index contributed by atoms with van der Waals surface area (Å²) in [7, 11) is 6.95. The smallest absolute Gasteiger partial charge is 0.354 e. The Morgan fingerprint density at radius 3 is 1.59 bits per heavy atom. The molecule has 10 nitrogen and oxygen atoms in total. The average molecular weight is 380 g/mol. The molecule has 0 saturated heterocycles. The molecule has 10 heteroatoms. The van der Waals surface area contributed by atoms with Crippen LogP contribution < -0.4 is 20.6 Å². The number of pyridine rings is 2. The van der Waals surface area contributed by atoms with Gasteiger partial charge in [0.25, 0.3) is 11.1 Å². The van der Waals surface area contributed by atoms with E-state index in [-0.39, 0.29) is 22.7 Å². The van der Waals surface area contributed by atoms with Crippen molar-refractivity contribution >= 4 is 11.9 Å². The number of carbonyl (C=O) groups excluding carboxylic acids is 1. The molecule has 146 valence electrons. The van der Waals surface area contributed by atoms with Crippen molar-refractivity contribution in [1.82, 2.24) is 9.13 Å². The van der Waals surface area contributed by atoms with E-state index in [9.17, 15) is 19.2 Å². The number of hydrogen-bond donors (Lipinski definition) is 1. The van der Waals surface area contributed by atoms with Crippen LogP contribution in [0.25, 0.3) is 0 Å². The van der Waals surface area contributed by atoms with Gasteiger partial charge in [0.15, 0.2) is 0 Å². The monoisotopic (exact) mass is 380 g/mol. The molecule has 0 spiro atoms. The summed E-state index contributed by atoms with van der Waals surface area (Å²) in [4.78, 5) is 44.3. The number of nitrogens with zero attached hydrogens (tertiary/aromatic N) is 2. The molecule has 0 amide bonds. The van der Waals surface area contributed by atoms with Crippen LogP contribution in [0.2, 0.25) is 0 Å². The number of ether oxygens (including phenoxy) is 3. The van der Waals surface area contributed by atoms with Crippen molar-refractivity contribution in [3.8, 4) is 11.5 Å². The third-order valence-electron chi connectivity index (χ3n) is 3.56. The Labute approximate surface area is 154 Å². The van der Waals surface area contributed by atoms with Gasteiger partial charge in [0.2, 0.25) is 0 Å². The summed E-state index contributed by atoms with van der Waals surface area (Å²) in [6.45, 7) is 0. The molecule has 0 atom stereocenters. The molecule has 2 aromatic rings. The lowest BCUT2D eigenvalue weighted by molar-refractivity contribution is 0.0586. The Morgan fingerprint density at radius 2 is 1.22 bits per heavy atom. The van der Waals surface area contributed by atoms with Crippen LogP contribution in [0.3, 0.4) is 0 Å². The van der Waals surface area contributed by atoms with Crippen LogP contribution in [-0.2, 0) is 18.8 Å². The number of esters is 1. The van der Waals surface area contributed by atoms with E-state index in [4.69, 9.17) is 14.6 Å². The van der Waals surface area contributed by atoms with Crippen LogP contribution in [0.1, 0.15) is 21.0 Å². The maximum atomic E-state index is 11.3. The highest BCUT2D eigenvalue weighted by atomic mass is 16.5. The second kappa shape index (κ2) is 9.22. The molecule has 0 saturated carbocycles. The zero-order valence-corrected chi connectivity index (χ0v) is 15.5. The standard InChI is InChI=1S/C9H11NO4.C8H9NO4/c1-10-7(9(12)14-3)4-6(13-2)5-8(10)11;1-9-6(8(11)12)3-5(13-2)4-7(9)10/h4-5H,1-3H3;3-4H,1-2H3,(H,11,12). The fourth-order valence-electron chi connectivity index (χ4n) is 1.96. The number of carboxylic acids is 1. The van der Waals surface area contributed by atoms with Crippen LogP contribution in [0.15, 0.2) is 33.9 Å². The molecule has 0 radical (unpaired) electrons. The zero-order chi connectivity index (χ0) is 20.7. The van der Waals surface area contributed by atoms with Crippen molar-refractivity contribution in [2.75, 3.05) is 21.3 Å². The van der Waals surface area contributed by atoms with Gasteiger partial charge in [-0.15, -0.1) is 0 Å². The van der Waals surface area contributed by atoms with Gasteiger partial charge in [0, 0.05) is 38.4 Å². The second-order valence-corrected chi connectivity index (χ2v) is 5.15. The highest BCUT2D eigenvalue weighted by Crippen LogP contribution is 2.10. The molecular formula is C17H20N2O8. The number of rotatable bonds is 4. The van der Waals surface area contributed by atoms with Crippen LogP contribution in [0.5, 0.6) is 11.5 Å². The SMILES string of the molecule is COC(=O)c1cc(OC)cc(=O)n1C.COc1cc(C(=O)O)n(C)c(=O)c1. The third-order valence-corrected chi connectivity index (χ3v) is 3.56. The van der Waals surface area contributed by atoms with E-state index in [0.29, 0.717) is 5.75 Å². The van der Waals surface area contributed by atoms with E-state index in [1.165, 1.54) is 64.3 Å². The highest BCUT2D eigenvalue weighted by Gasteiger charge is 2.12. The predicted molar refractivity (Wildman–Crippen MR) is 94.8 cm³/mol. The normalized spacial score (nSPS) is 9.67. The molecule has 0 aliphatic rings. The summed E-state index contributed by atoms with van der Waals surface area (Å²) < 4.78 is 16.4. The molecular weight excluding hydrogens is 360 g/mol. The number of aromatic nitrogens is 2. The van der Waals surface area contributed by atoms with E-state index in [2.05, 4.69) is 4.74 Å². The molecule has 2 aromatic heterocycles. The number of aromatic carboxylic acids is 1. The Bertz CT molecular complexity index is 958. The van der Waals surface area contributed by atoms with E-state index in [0.717, 1.165) is 4.57 Å². The average Bonchev–Trinajstić information content (AvgIpc) is 2.65. The summed E-state index contributed by atoms with van der Waals surface area (Å²) >= 11 is 0. The Balaban J connectivity index is 0.000000271. The lowest BCUT2D eigenvalue weighted by Crippen LogP contribution is -2.23. The minimum atomic E-state index is -1.15. The number of hydrogen-bond acceptors (Lipinski definition) is 7. The van der Waals surface area contributed by atoms with Gasteiger partial charge in [-0.05, 0) is 0 Å². The molecule has 27 heavy (non-hydrogen) atoms. The van der Waals surface area contributed by atoms with Crippen molar-refractivity contribution in [3.63, 3.8) is 0 Å². The summed E-state index contributed by atoms with van der Waals surface area (Å²) in [6.07, 6.45) is 0. The van der Waals surface area contributed by atoms with Gasteiger partial charge in [-0.2, -0.15) is 0 Å². The van der Waals surface area contributed by atoms with Crippen molar-refractivity contribution in [2.45, 2.75) is 0 Å². The van der Waals surface area contributed by atoms with E-state index >= 15 is 0 Å². The summed E-state index contributed by atoms with van der Waals surface area (Å²) in [5, 5.41) is 8.69. The van der Waals surface area contributed by atoms with Crippen LogP contribution in [0, 0.1) is 0 Å². The topological polar surface area (TPSA) is 126 Å². The van der Waals surface area contributed by atoms with Gasteiger partial charge in [-0.3, -0.25) is 9.59 Å². The Morgan fingerprint density at radius 1 is 0.815 bits per heavy atom. The van der Waals surface area contributed by atoms with Crippen LogP contribution in [0.4, 0.5) is 0 Å². The highest BCUT2D eigenvalue weighted by molar-refractivity contribution is 5.87. The number of methoxy groups -OCH3 is 3. The Kier molecular flexibility index (Phi) is 7.34. The molecule has 1 N–H and O–H groups in total. The van der Waals surface area contributed by atoms with E-state index in [1.54, 1.807) is 0 Å². The minimum absolute atomic E-state index is 0.0932. The second-order valence-electron chi connectivity index (χ2n) is 5.15. The Hall–Kier alpha value is -3.56. The van der Waals surface area contributed by atoms with Gasteiger partial charge >= 0.3 is 11.9 Å². The zero-order valence-electron chi connectivity index (χ0n) is 15.5. The maximum Gasteiger partial charge on any atom is 0.354 e. The molecule has 0 unspecified atom stereocenters. The van der Waals surface area contributed by atoms with Crippen molar-refractivity contribution in [2.24, 2.45) is 14.1 Å². The van der Waals surface area contributed by atoms with Crippen LogP contribution >= 0.6 is 0 Å². The molecule has 0 aliphatic carbocycles. The fourth-order valence-corrected chi connectivity index (χ4v) is 1.96. The first-order chi connectivity index (χ1) is 12.7. The molecule has 0 bridgehead atoms. The predicted octanol–water partition coefficient (Wildman–Crippen LogP) is 0.273. The largest absolute Gasteiger partial charge is 0.496 e. The van der Waals surface area contributed by atoms with Crippen LogP contribution in [-0.4, -0.2) is 47.5 Å². The van der Waals surface area contributed by atoms with Crippen molar-refractivity contribution in [1.29, 1.82) is 0 Å². The van der Waals surface area contributed by atoms with E-state index < -0.39 is 17.5 Å². The van der Waals surface area contributed by atoms with Gasteiger partial charge in [-0.1, -0.05) is 0 Å². The molecule has 0 aromatic carbocycles. The lowest BCUT2D eigenvalue weighted by atomic mass is 10.3. The fraction of sp³-hybridized carbons (Fsp3) is 0.294. The first-order valence-corrected chi connectivity index (χ1v) is 7.48. The van der Waals surface area contributed by atoms with Crippen molar-refractivity contribution in [3.05, 3.63) is 56.4 Å². The number of carbonyl (C=O) groups is 2. The summed E-state index contributed by atoms with van der Waals surface area (Å²) in [5.74, 6) is -1.13. The van der Waals surface area contributed by atoms with Gasteiger partial charge in [0.1, 0.15) is 22.9 Å². The maximum absolute atomic E-state index is 11.3. The molecule has 0 fully saturated rings. The quantitative estimate of drug-likeness (QED) is 0.749. The summed E-state index contributed by atoms with van der Waals surface area (Å²) in [6, 6.07) is 5.27. The van der Waals surface area contributed by atoms with Crippen molar-refractivity contribution < 1.29 is 28.9 Å². The first kappa shape index (κ1) is 21.5. The lowest BCUT2D eigenvalue weighted by Gasteiger charge is -2.07. The molecule has 0 aliphatic heterocycles. The third kappa shape index (κ3) is 5.21. The first-order valence-electron chi connectivity index (χ1n) is 7.48. The van der Waals surface area contributed by atoms with Gasteiger partial charge < -0.3 is 28.5 Å². The number of carboxylic acid groups (broad SMARTS) is 1. The van der Waals surface area contributed by atoms with E-state index in [1.807, 2.05) is 0 Å².